The van der Waals surface area contributed by atoms with Crippen LogP contribution in [-0.2, 0) is 14.6 Å². The second kappa shape index (κ2) is 8.61. The minimum Gasteiger partial charge on any atom is -0.324 e. The van der Waals surface area contributed by atoms with E-state index in [9.17, 15) is 13.2 Å². The third-order valence-electron chi connectivity index (χ3n) is 4.06. The number of aryl methyl sites for hydroxylation is 2. The van der Waals surface area contributed by atoms with Crippen molar-refractivity contribution in [3.05, 3.63) is 64.9 Å². The van der Waals surface area contributed by atoms with Crippen molar-refractivity contribution in [2.45, 2.75) is 23.9 Å². The van der Waals surface area contributed by atoms with Gasteiger partial charge in [0, 0.05) is 24.3 Å². The molecular weight excluding hydrogens is 430 g/mol. The molecule has 0 radical (unpaired) electrons. The highest BCUT2D eigenvalue weighted by molar-refractivity contribution is 7.99. The fourth-order valence-corrected chi connectivity index (χ4v) is 4.42. The molecule has 0 fully saturated rings. The number of thioether (sulfide) groups is 1. The SMILES string of the molecule is Cc1cc(C)cc(-n2ccnc2SCC(=O)Nc2cc(S(C)(=O)=O)ccc2Cl)c1. The minimum atomic E-state index is -3.40. The number of carbonyl (C=O) groups excluding carboxylic acids is 1. The molecule has 6 nitrogen and oxygen atoms in total. The highest BCUT2D eigenvalue weighted by Crippen LogP contribution is 2.26. The number of hydrogen-bond acceptors (Lipinski definition) is 5. The van der Waals surface area contributed by atoms with E-state index in [-0.39, 0.29) is 27.3 Å². The first-order valence-electron chi connectivity index (χ1n) is 8.68. The summed E-state index contributed by atoms with van der Waals surface area (Å²) in [5.74, 6) is -0.209. The molecule has 0 saturated heterocycles. The zero-order chi connectivity index (χ0) is 21.2. The molecule has 0 saturated carbocycles. The summed E-state index contributed by atoms with van der Waals surface area (Å²) in [7, 11) is -3.40. The lowest BCUT2D eigenvalue weighted by atomic mass is 10.1. The topological polar surface area (TPSA) is 81.1 Å². The molecule has 0 aliphatic carbocycles. The highest BCUT2D eigenvalue weighted by atomic mass is 35.5. The summed E-state index contributed by atoms with van der Waals surface area (Å²) >= 11 is 7.37. The molecule has 0 atom stereocenters. The number of nitrogens with one attached hydrogen (secondary N) is 1. The van der Waals surface area contributed by atoms with Crippen molar-refractivity contribution in [3.63, 3.8) is 0 Å². The summed E-state index contributed by atoms with van der Waals surface area (Å²) < 4.78 is 25.4. The predicted octanol–water partition coefficient (Wildman–Crippen LogP) is 4.28. The van der Waals surface area contributed by atoms with Crippen molar-refractivity contribution in [1.82, 2.24) is 9.55 Å². The number of hydrogen-bond donors (Lipinski definition) is 1. The first kappa shape index (κ1) is 21.4. The maximum atomic E-state index is 12.4. The lowest BCUT2D eigenvalue weighted by Gasteiger charge is -2.11. The van der Waals surface area contributed by atoms with Gasteiger partial charge in [-0.25, -0.2) is 13.4 Å². The van der Waals surface area contributed by atoms with Crippen LogP contribution in [0.3, 0.4) is 0 Å². The van der Waals surface area contributed by atoms with Crippen LogP contribution >= 0.6 is 23.4 Å². The maximum absolute atomic E-state index is 12.4. The summed E-state index contributed by atoms with van der Waals surface area (Å²) in [5, 5.41) is 3.62. The zero-order valence-corrected chi connectivity index (χ0v) is 18.5. The van der Waals surface area contributed by atoms with E-state index in [1.165, 1.54) is 30.0 Å². The van der Waals surface area contributed by atoms with Crippen LogP contribution in [0.15, 0.2) is 58.8 Å². The van der Waals surface area contributed by atoms with Crippen LogP contribution < -0.4 is 5.32 Å². The smallest absolute Gasteiger partial charge is 0.234 e. The fraction of sp³-hybridized carbons (Fsp3) is 0.200. The Hall–Kier alpha value is -2.29. The van der Waals surface area contributed by atoms with Crippen LogP contribution in [-0.4, -0.2) is 35.9 Å². The van der Waals surface area contributed by atoms with Crippen LogP contribution in [0.4, 0.5) is 5.69 Å². The number of sulfone groups is 1. The van der Waals surface area contributed by atoms with Gasteiger partial charge in [0.1, 0.15) is 0 Å². The molecule has 3 rings (SSSR count). The Morgan fingerprint density at radius 1 is 1.17 bits per heavy atom. The fourth-order valence-electron chi connectivity index (χ4n) is 2.83. The van der Waals surface area contributed by atoms with Gasteiger partial charge in [-0.3, -0.25) is 9.36 Å². The molecule has 0 aliphatic heterocycles. The molecule has 0 bridgehead atoms. The number of aromatic nitrogens is 2. The lowest BCUT2D eigenvalue weighted by molar-refractivity contribution is -0.113. The van der Waals surface area contributed by atoms with Gasteiger partial charge in [0.15, 0.2) is 15.0 Å². The van der Waals surface area contributed by atoms with Crippen molar-refractivity contribution in [3.8, 4) is 5.69 Å². The first-order valence-corrected chi connectivity index (χ1v) is 11.9. The molecule has 3 aromatic rings. The third kappa shape index (κ3) is 5.41. The molecular formula is C20H20ClN3O3S2. The van der Waals surface area contributed by atoms with E-state index in [2.05, 4.69) is 28.5 Å². The van der Waals surface area contributed by atoms with Gasteiger partial charge in [-0.15, -0.1) is 0 Å². The van der Waals surface area contributed by atoms with Gasteiger partial charge in [-0.05, 0) is 55.3 Å². The first-order chi connectivity index (χ1) is 13.6. The monoisotopic (exact) mass is 449 g/mol. The Morgan fingerprint density at radius 2 is 1.86 bits per heavy atom. The molecule has 0 spiro atoms. The maximum Gasteiger partial charge on any atom is 0.234 e. The van der Waals surface area contributed by atoms with E-state index in [4.69, 9.17) is 11.6 Å². The van der Waals surface area contributed by atoms with Crippen molar-refractivity contribution in [2.24, 2.45) is 0 Å². The summed E-state index contributed by atoms with van der Waals surface area (Å²) in [5.41, 5.74) is 3.52. The van der Waals surface area contributed by atoms with Crippen molar-refractivity contribution in [2.75, 3.05) is 17.3 Å². The summed E-state index contributed by atoms with van der Waals surface area (Å²) in [6, 6.07) is 10.4. The molecule has 0 unspecified atom stereocenters. The lowest BCUT2D eigenvalue weighted by Crippen LogP contribution is -2.15. The van der Waals surface area contributed by atoms with Crippen LogP contribution in [0.2, 0.25) is 5.02 Å². The zero-order valence-electron chi connectivity index (χ0n) is 16.1. The Kier molecular flexibility index (Phi) is 6.36. The van der Waals surface area contributed by atoms with Crippen LogP contribution in [0.25, 0.3) is 5.69 Å². The second-order valence-electron chi connectivity index (χ2n) is 6.68. The number of benzene rings is 2. The van der Waals surface area contributed by atoms with E-state index >= 15 is 0 Å². The molecule has 152 valence electrons. The summed E-state index contributed by atoms with van der Waals surface area (Å²) in [4.78, 5) is 16.8. The standard InChI is InChI=1S/C20H20ClN3O3S2/c1-13-8-14(2)10-15(9-13)24-7-6-22-20(24)28-12-19(25)23-18-11-16(29(3,26)27)4-5-17(18)21/h4-11H,12H2,1-3H3,(H,23,25). The Bertz CT molecular complexity index is 1150. The van der Waals surface area contributed by atoms with Gasteiger partial charge in [0.2, 0.25) is 5.91 Å². The van der Waals surface area contributed by atoms with E-state index in [0.717, 1.165) is 23.1 Å². The van der Waals surface area contributed by atoms with Gasteiger partial charge in [-0.2, -0.15) is 0 Å². The molecule has 1 amide bonds. The van der Waals surface area contributed by atoms with Crippen LogP contribution in [0, 0.1) is 13.8 Å². The Morgan fingerprint density at radius 3 is 2.52 bits per heavy atom. The molecule has 2 aromatic carbocycles. The molecule has 29 heavy (non-hydrogen) atoms. The summed E-state index contributed by atoms with van der Waals surface area (Å²) in [6.45, 7) is 4.06. The molecule has 1 aromatic heterocycles. The number of rotatable bonds is 6. The quantitative estimate of drug-likeness (QED) is 0.568. The number of nitrogens with zero attached hydrogens (tertiary/aromatic N) is 2. The van der Waals surface area contributed by atoms with E-state index < -0.39 is 9.84 Å². The average Bonchev–Trinajstić information content (AvgIpc) is 3.08. The molecule has 0 aliphatic rings. The van der Waals surface area contributed by atoms with Crippen LogP contribution in [0.5, 0.6) is 0 Å². The third-order valence-corrected chi connectivity index (χ3v) is 6.47. The number of carbonyl (C=O) groups is 1. The Labute approximate surface area is 179 Å². The van der Waals surface area contributed by atoms with Gasteiger partial charge in [0.05, 0.1) is 21.4 Å². The number of imidazole rings is 1. The van der Waals surface area contributed by atoms with E-state index in [1.54, 1.807) is 6.20 Å². The number of amides is 1. The van der Waals surface area contributed by atoms with E-state index in [1.807, 2.05) is 24.6 Å². The number of halogens is 1. The average molecular weight is 450 g/mol. The largest absolute Gasteiger partial charge is 0.324 e. The van der Waals surface area contributed by atoms with Gasteiger partial charge >= 0.3 is 0 Å². The molecule has 1 heterocycles. The molecule has 9 heteroatoms. The van der Waals surface area contributed by atoms with E-state index in [0.29, 0.717) is 5.16 Å². The minimum absolute atomic E-state index is 0.0928. The number of anilines is 1. The highest BCUT2D eigenvalue weighted by Gasteiger charge is 2.14. The van der Waals surface area contributed by atoms with Crippen molar-refractivity contribution < 1.29 is 13.2 Å². The van der Waals surface area contributed by atoms with Gasteiger partial charge < -0.3 is 5.32 Å². The normalized spacial score (nSPS) is 11.4. The van der Waals surface area contributed by atoms with Crippen LogP contribution in [0.1, 0.15) is 11.1 Å². The second-order valence-corrected chi connectivity index (χ2v) is 10.0. The van der Waals surface area contributed by atoms with Gasteiger partial charge in [-0.1, -0.05) is 29.4 Å². The van der Waals surface area contributed by atoms with Crippen molar-refractivity contribution in [1.29, 1.82) is 0 Å². The van der Waals surface area contributed by atoms with Crippen molar-refractivity contribution >= 4 is 44.8 Å². The Balaban J connectivity index is 1.72. The molecule has 1 N–H and O–H groups in total. The summed E-state index contributed by atoms with van der Waals surface area (Å²) in [6.07, 6.45) is 4.63. The van der Waals surface area contributed by atoms with Gasteiger partial charge in [0.25, 0.3) is 0 Å². The predicted molar refractivity (Wildman–Crippen MR) is 117 cm³/mol.